The zero-order valence-corrected chi connectivity index (χ0v) is 15.5. The Hall–Kier alpha value is -2.69. The SMILES string of the molecule is COc1cc2c(cc1OC)C(CCc1ccc3c(c1)OCO3)=[N+](C)CC2. The molecule has 0 saturated heterocycles. The van der Waals surface area contributed by atoms with Gasteiger partial charge >= 0.3 is 0 Å². The Labute approximate surface area is 153 Å². The third kappa shape index (κ3) is 2.98. The predicted octanol–water partition coefficient (Wildman–Crippen LogP) is 3.05. The third-order valence-electron chi connectivity index (χ3n) is 5.19. The van der Waals surface area contributed by atoms with E-state index in [2.05, 4.69) is 35.9 Å². The van der Waals surface area contributed by atoms with Gasteiger partial charge in [0.25, 0.3) is 0 Å². The van der Waals surface area contributed by atoms with Crippen molar-refractivity contribution in [2.75, 3.05) is 34.6 Å². The second-order valence-corrected chi connectivity index (χ2v) is 6.67. The van der Waals surface area contributed by atoms with Gasteiger partial charge in [0.1, 0.15) is 13.6 Å². The minimum atomic E-state index is 0.313. The lowest BCUT2D eigenvalue weighted by Crippen LogP contribution is -2.28. The van der Waals surface area contributed by atoms with Crippen LogP contribution in [0.25, 0.3) is 0 Å². The van der Waals surface area contributed by atoms with Crippen molar-refractivity contribution in [1.29, 1.82) is 0 Å². The van der Waals surface area contributed by atoms with Crippen molar-refractivity contribution in [3.8, 4) is 23.0 Å². The Morgan fingerprint density at radius 3 is 2.54 bits per heavy atom. The first-order valence-electron chi connectivity index (χ1n) is 8.90. The maximum Gasteiger partial charge on any atom is 0.231 e. The minimum absolute atomic E-state index is 0.313. The fourth-order valence-electron chi connectivity index (χ4n) is 3.71. The fourth-order valence-corrected chi connectivity index (χ4v) is 3.71. The Kier molecular flexibility index (Phi) is 4.45. The van der Waals surface area contributed by atoms with Crippen LogP contribution in [0, 0.1) is 0 Å². The summed E-state index contributed by atoms with van der Waals surface area (Å²) in [4.78, 5) is 0. The summed E-state index contributed by atoms with van der Waals surface area (Å²) in [5.41, 5.74) is 5.17. The zero-order chi connectivity index (χ0) is 18.1. The maximum absolute atomic E-state index is 5.51. The van der Waals surface area contributed by atoms with E-state index in [1.54, 1.807) is 14.2 Å². The van der Waals surface area contributed by atoms with Crippen LogP contribution in [0.2, 0.25) is 0 Å². The highest BCUT2D eigenvalue weighted by Gasteiger charge is 2.26. The highest BCUT2D eigenvalue weighted by atomic mass is 16.7. The second kappa shape index (κ2) is 6.90. The molecule has 2 aliphatic heterocycles. The molecule has 2 aromatic rings. The topological polar surface area (TPSA) is 39.9 Å². The van der Waals surface area contributed by atoms with E-state index < -0.39 is 0 Å². The molecule has 0 spiro atoms. The number of aryl methyl sites for hydroxylation is 1. The molecule has 0 saturated carbocycles. The smallest absolute Gasteiger partial charge is 0.231 e. The lowest BCUT2D eigenvalue weighted by Gasteiger charge is -2.19. The van der Waals surface area contributed by atoms with Gasteiger partial charge in [-0.2, -0.15) is 0 Å². The molecular formula is C21H24NO4+. The van der Waals surface area contributed by atoms with Gasteiger partial charge in [-0.25, -0.2) is 4.58 Å². The average molecular weight is 354 g/mol. The van der Waals surface area contributed by atoms with E-state index in [-0.39, 0.29) is 0 Å². The first-order chi connectivity index (χ1) is 12.7. The van der Waals surface area contributed by atoms with Crippen LogP contribution in [0.5, 0.6) is 23.0 Å². The number of fused-ring (bicyclic) bond motifs is 2. The van der Waals surface area contributed by atoms with Gasteiger partial charge < -0.3 is 18.9 Å². The van der Waals surface area contributed by atoms with Crippen molar-refractivity contribution in [2.24, 2.45) is 0 Å². The molecule has 5 nitrogen and oxygen atoms in total. The highest BCUT2D eigenvalue weighted by Crippen LogP contribution is 2.34. The molecule has 136 valence electrons. The van der Waals surface area contributed by atoms with Crippen molar-refractivity contribution in [1.82, 2.24) is 0 Å². The van der Waals surface area contributed by atoms with Crippen molar-refractivity contribution in [2.45, 2.75) is 19.3 Å². The van der Waals surface area contributed by atoms with Crippen molar-refractivity contribution < 1.29 is 23.5 Å². The molecule has 0 aliphatic carbocycles. The average Bonchev–Trinajstić information content (AvgIpc) is 3.14. The molecule has 0 radical (unpaired) electrons. The van der Waals surface area contributed by atoms with Gasteiger partial charge in [-0.15, -0.1) is 0 Å². The Bertz CT molecular complexity index is 873. The number of likely N-dealkylation sites (N-methyl/N-ethyl adjacent to an activating group) is 1. The van der Waals surface area contributed by atoms with Crippen LogP contribution in [0.4, 0.5) is 0 Å². The largest absolute Gasteiger partial charge is 0.493 e. The van der Waals surface area contributed by atoms with Crippen molar-refractivity contribution in [3.05, 3.63) is 47.0 Å². The number of methoxy groups -OCH3 is 2. The lowest BCUT2D eigenvalue weighted by atomic mass is 9.92. The van der Waals surface area contributed by atoms with E-state index in [1.807, 2.05) is 6.07 Å². The quantitative estimate of drug-likeness (QED) is 0.774. The molecule has 0 fully saturated rings. The molecule has 2 aliphatic rings. The molecule has 5 heteroatoms. The summed E-state index contributed by atoms with van der Waals surface area (Å²) in [6, 6.07) is 10.4. The molecule has 2 aromatic carbocycles. The maximum atomic E-state index is 5.51. The Morgan fingerprint density at radius 1 is 0.962 bits per heavy atom. The van der Waals surface area contributed by atoms with Gasteiger partial charge in [0, 0.05) is 18.4 Å². The molecule has 0 aromatic heterocycles. The normalized spacial score (nSPS) is 15.0. The molecule has 0 amide bonds. The van der Waals surface area contributed by atoms with Gasteiger partial charge in [-0.3, -0.25) is 0 Å². The van der Waals surface area contributed by atoms with Gasteiger partial charge in [0.15, 0.2) is 28.7 Å². The molecule has 2 heterocycles. The second-order valence-electron chi connectivity index (χ2n) is 6.67. The van der Waals surface area contributed by atoms with Crippen LogP contribution in [0.15, 0.2) is 30.3 Å². The van der Waals surface area contributed by atoms with Crippen molar-refractivity contribution in [3.63, 3.8) is 0 Å². The summed E-state index contributed by atoms with van der Waals surface area (Å²) in [6.45, 7) is 1.33. The first-order valence-corrected chi connectivity index (χ1v) is 8.90. The van der Waals surface area contributed by atoms with Crippen molar-refractivity contribution >= 4 is 5.71 Å². The summed E-state index contributed by atoms with van der Waals surface area (Å²) < 4.78 is 24.2. The number of hydrogen-bond acceptors (Lipinski definition) is 4. The fraction of sp³-hybridized carbons (Fsp3) is 0.381. The number of nitrogens with zero attached hydrogens (tertiary/aromatic N) is 1. The van der Waals surface area contributed by atoms with E-state index in [1.165, 1.54) is 22.4 Å². The summed E-state index contributed by atoms with van der Waals surface area (Å²) in [6.07, 6.45) is 2.92. The Balaban J connectivity index is 1.60. The standard InChI is InChI=1S/C21H24NO4/c1-22-9-8-15-11-19(23-2)20(24-3)12-16(15)17(22)6-4-14-5-7-18-21(10-14)26-13-25-18/h5,7,10-12H,4,6,8-9,13H2,1-3H3/q+1. The Morgan fingerprint density at radius 2 is 1.73 bits per heavy atom. The van der Waals surface area contributed by atoms with Crippen LogP contribution < -0.4 is 18.9 Å². The van der Waals surface area contributed by atoms with E-state index >= 15 is 0 Å². The lowest BCUT2D eigenvalue weighted by molar-refractivity contribution is -0.499. The van der Waals surface area contributed by atoms with Gasteiger partial charge in [0.05, 0.1) is 14.2 Å². The summed E-state index contributed by atoms with van der Waals surface area (Å²) in [5.74, 6) is 3.25. The predicted molar refractivity (Wildman–Crippen MR) is 99.3 cm³/mol. The summed E-state index contributed by atoms with van der Waals surface area (Å²) in [5, 5.41) is 0. The molecular weight excluding hydrogens is 330 g/mol. The zero-order valence-electron chi connectivity index (χ0n) is 15.5. The van der Waals surface area contributed by atoms with Crippen LogP contribution in [-0.4, -0.2) is 44.9 Å². The molecule has 26 heavy (non-hydrogen) atoms. The highest BCUT2D eigenvalue weighted by molar-refractivity contribution is 5.99. The molecule has 0 N–H and O–H groups in total. The van der Waals surface area contributed by atoms with E-state index in [0.29, 0.717) is 6.79 Å². The van der Waals surface area contributed by atoms with E-state index in [9.17, 15) is 0 Å². The van der Waals surface area contributed by atoms with Crippen LogP contribution in [-0.2, 0) is 12.8 Å². The molecule has 0 unspecified atom stereocenters. The number of hydrogen-bond donors (Lipinski definition) is 0. The summed E-state index contributed by atoms with van der Waals surface area (Å²) in [7, 11) is 5.53. The first kappa shape index (κ1) is 16.8. The molecule has 0 bridgehead atoms. The number of ether oxygens (including phenoxy) is 4. The van der Waals surface area contributed by atoms with Gasteiger partial charge in [-0.05, 0) is 41.8 Å². The number of benzene rings is 2. The van der Waals surface area contributed by atoms with Crippen LogP contribution in [0.3, 0.4) is 0 Å². The minimum Gasteiger partial charge on any atom is -0.493 e. The number of rotatable bonds is 5. The monoisotopic (exact) mass is 354 g/mol. The van der Waals surface area contributed by atoms with E-state index in [0.717, 1.165) is 48.8 Å². The molecule has 4 rings (SSSR count). The van der Waals surface area contributed by atoms with Gasteiger partial charge in [-0.1, -0.05) is 6.07 Å². The van der Waals surface area contributed by atoms with Gasteiger partial charge in [0.2, 0.25) is 6.79 Å². The van der Waals surface area contributed by atoms with E-state index in [4.69, 9.17) is 18.9 Å². The van der Waals surface area contributed by atoms with Crippen LogP contribution in [0.1, 0.15) is 23.1 Å². The molecule has 0 atom stereocenters. The summed E-state index contributed by atoms with van der Waals surface area (Å²) >= 11 is 0. The van der Waals surface area contributed by atoms with Crippen LogP contribution >= 0.6 is 0 Å². The third-order valence-corrected chi connectivity index (χ3v) is 5.19.